The molecule has 4 bridgehead atoms. The van der Waals surface area contributed by atoms with E-state index < -0.39 is 5.79 Å². The predicted molar refractivity (Wildman–Crippen MR) is 119 cm³/mol. The molecule has 5 nitrogen and oxygen atoms in total. The predicted octanol–water partition coefficient (Wildman–Crippen LogP) is 4.92. The average Bonchev–Trinajstić information content (AvgIpc) is 2.77. The van der Waals surface area contributed by atoms with Crippen molar-refractivity contribution in [3.8, 4) is 5.75 Å². The zero-order valence-corrected chi connectivity index (χ0v) is 18.7. The highest BCUT2D eigenvalue weighted by atomic mass is 17.2. The molecular weight excluding hydrogens is 390 g/mol. The van der Waals surface area contributed by atoms with Gasteiger partial charge in [0, 0.05) is 12.8 Å². The number of ether oxygens (including phenoxy) is 1. The van der Waals surface area contributed by atoms with Gasteiger partial charge in [-0.25, -0.2) is 9.78 Å². The van der Waals surface area contributed by atoms with Crippen molar-refractivity contribution in [2.24, 2.45) is 29.4 Å². The molecule has 0 aromatic heterocycles. The van der Waals surface area contributed by atoms with E-state index in [9.17, 15) is 5.11 Å². The Bertz CT molecular complexity index is 685. The van der Waals surface area contributed by atoms with Crippen molar-refractivity contribution in [1.29, 1.82) is 0 Å². The Morgan fingerprint density at radius 2 is 1.55 bits per heavy atom. The van der Waals surface area contributed by atoms with Crippen LogP contribution in [0.15, 0.2) is 24.3 Å². The summed E-state index contributed by atoms with van der Waals surface area (Å²) in [4.78, 5) is 11.8. The van der Waals surface area contributed by atoms with E-state index in [1.165, 1.54) is 37.7 Å². The van der Waals surface area contributed by atoms with Gasteiger partial charge in [0.05, 0.1) is 12.7 Å². The first kappa shape index (κ1) is 21.7. The minimum absolute atomic E-state index is 0.201. The summed E-state index contributed by atoms with van der Waals surface area (Å²) in [5.41, 5.74) is 6.84. The van der Waals surface area contributed by atoms with Gasteiger partial charge in [0.1, 0.15) is 5.75 Å². The van der Waals surface area contributed by atoms with Crippen molar-refractivity contribution >= 4 is 0 Å². The minimum Gasteiger partial charge on any atom is -0.494 e. The van der Waals surface area contributed by atoms with Crippen LogP contribution in [0.4, 0.5) is 0 Å². The van der Waals surface area contributed by atoms with Crippen LogP contribution in [0.1, 0.15) is 82.1 Å². The van der Waals surface area contributed by atoms with E-state index in [1.807, 2.05) is 0 Å². The molecule has 0 spiro atoms. The Balaban J connectivity index is 1.08. The summed E-state index contributed by atoms with van der Waals surface area (Å²) in [6, 6.07) is 8.45. The molecule has 31 heavy (non-hydrogen) atoms. The Kier molecular flexibility index (Phi) is 6.57. The molecule has 5 fully saturated rings. The second-order valence-corrected chi connectivity index (χ2v) is 10.7. The molecule has 0 atom stereocenters. The summed E-state index contributed by atoms with van der Waals surface area (Å²) in [7, 11) is 0. The van der Waals surface area contributed by atoms with E-state index in [4.69, 9.17) is 20.2 Å². The third kappa shape index (κ3) is 4.95. The fourth-order valence-electron chi connectivity index (χ4n) is 6.94. The van der Waals surface area contributed by atoms with Crippen LogP contribution in [0.25, 0.3) is 0 Å². The smallest absolute Gasteiger partial charge is 0.199 e. The minimum atomic E-state index is -1.13. The van der Waals surface area contributed by atoms with Crippen LogP contribution in [0.5, 0.6) is 5.75 Å². The normalized spacial score (nSPS) is 39.0. The molecule has 172 valence electrons. The number of hydrogen-bond donors (Lipinski definition) is 2. The van der Waals surface area contributed by atoms with Gasteiger partial charge < -0.3 is 15.6 Å². The third-order valence-electron chi connectivity index (χ3n) is 8.44. The van der Waals surface area contributed by atoms with Gasteiger partial charge in [-0.05, 0) is 112 Å². The number of aliphatic hydroxyl groups is 1. The molecule has 6 rings (SSSR count). The molecular formula is C26H39NO4. The third-order valence-corrected chi connectivity index (χ3v) is 8.44. The molecule has 0 aliphatic heterocycles. The maximum atomic E-state index is 11.0. The molecule has 0 radical (unpaired) electrons. The monoisotopic (exact) mass is 429 g/mol. The lowest BCUT2D eigenvalue weighted by atomic mass is 9.55. The summed E-state index contributed by atoms with van der Waals surface area (Å²) >= 11 is 0. The Morgan fingerprint density at radius 1 is 0.903 bits per heavy atom. The lowest BCUT2D eigenvalue weighted by Gasteiger charge is -2.53. The highest BCUT2D eigenvalue weighted by Crippen LogP contribution is 2.55. The number of nitrogens with two attached hydrogens (primary N) is 1. The maximum Gasteiger partial charge on any atom is 0.199 e. The Morgan fingerprint density at radius 3 is 2.16 bits per heavy atom. The van der Waals surface area contributed by atoms with Gasteiger partial charge in [0.25, 0.3) is 0 Å². The van der Waals surface area contributed by atoms with Crippen molar-refractivity contribution in [3.05, 3.63) is 29.8 Å². The van der Waals surface area contributed by atoms with E-state index in [0.29, 0.717) is 43.7 Å². The first-order chi connectivity index (χ1) is 15.1. The zero-order chi connectivity index (χ0) is 21.3. The number of rotatable bonds is 9. The average molecular weight is 430 g/mol. The van der Waals surface area contributed by atoms with Gasteiger partial charge in [-0.15, -0.1) is 0 Å². The molecule has 0 amide bonds. The fourth-order valence-corrected chi connectivity index (χ4v) is 6.94. The van der Waals surface area contributed by atoms with E-state index in [0.717, 1.165) is 43.3 Å². The molecule has 0 heterocycles. The highest BCUT2D eigenvalue weighted by molar-refractivity contribution is 5.29. The van der Waals surface area contributed by atoms with Crippen molar-refractivity contribution < 1.29 is 19.6 Å². The lowest BCUT2D eigenvalue weighted by molar-refractivity contribution is -0.459. The van der Waals surface area contributed by atoms with Gasteiger partial charge in [0.2, 0.25) is 0 Å². The first-order valence-electron chi connectivity index (χ1n) is 12.6. The molecule has 5 heteroatoms. The lowest BCUT2D eigenvalue weighted by Crippen LogP contribution is -2.50. The highest BCUT2D eigenvalue weighted by Gasteiger charge is 2.50. The molecule has 5 aliphatic carbocycles. The van der Waals surface area contributed by atoms with Crippen molar-refractivity contribution in [3.63, 3.8) is 0 Å². The Labute approximate surface area is 186 Å². The molecule has 5 aliphatic rings. The summed E-state index contributed by atoms with van der Waals surface area (Å²) in [6.45, 7) is 1.43. The van der Waals surface area contributed by atoms with E-state index in [-0.39, 0.29) is 6.10 Å². The van der Waals surface area contributed by atoms with Gasteiger partial charge in [0.15, 0.2) is 5.79 Å². The van der Waals surface area contributed by atoms with E-state index in [1.54, 1.807) is 0 Å². The maximum absolute atomic E-state index is 11.0. The van der Waals surface area contributed by atoms with E-state index in [2.05, 4.69) is 24.3 Å². The van der Waals surface area contributed by atoms with Gasteiger partial charge in [-0.3, -0.25) is 0 Å². The van der Waals surface area contributed by atoms with Crippen LogP contribution in [0.3, 0.4) is 0 Å². The van der Waals surface area contributed by atoms with Gasteiger partial charge in [-0.1, -0.05) is 12.1 Å². The summed E-state index contributed by atoms with van der Waals surface area (Å²) in [5.74, 6) is 3.38. The van der Waals surface area contributed by atoms with Crippen LogP contribution in [-0.2, 0) is 9.78 Å². The van der Waals surface area contributed by atoms with Crippen LogP contribution in [-0.4, -0.2) is 30.1 Å². The SMILES string of the molecule is NCCCCOc1ccc(C2CCC(O)(OOC3C4CC5CC(C4)CC3C5)CC2)cc1. The van der Waals surface area contributed by atoms with Crippen molar-refractivity contribution in [2.45, 2.75) is 88.4 Å². The fraction of sp³-hybridized carbons (Fsp3) is 0.769. The van der Waals surface area contributed by atoms with Crippen LogP contribution in [0, 0.1) is 23.7 Å². The summed E-state index contributed by atoms with van der Waals surface area (Å²) in [6.07, 6.45) is 11.9. The second kappa shape index (κ2) is 9.38. The number of hydrogen-bond acceptors (Lipinski definition) is 5. The van der Waals surface area contributed by atoms with Gasteiger partial charge in [-0.2, -0.15) is 0 Å². The Hall–Kier alpha value is -1.14. The molecule has 0 saturated heterocycles. The molecule has 5 saturated carbocycles. The second-order valence-electron chi connectivity index (χ2n) is 10.7. The molecule has 1 aromatic rings. The molecule has 0 unspecified atom stereocenters. The van der Waals surface area contributed by atoms with Crippen molar-refractivity contribution in [1.82, 2.24) is 0 Å². The quantitative estimate of drug-likeness (QED) is 0.252. The van der Waals surface area contributed by atoms with Crippen molar-refractivity contribution in [2.75, 3.05) is 13.2 Å². The van der Waals surface area contributed by atoms with Gasteiger partial charge >= 0.3 is 0 Å². The number of unbranched alkanes of at least 4 members (excludes halogenated alkanes) is 1. The van der Waals surface area contributed by atoms with E-state index >= 15 is 0 Å². The summed E-state index contributed by atoms with van der Waals surface area (Å²) in [5, 5.41) is 11.0. The largest absolute Gasteiger partial charge is 0.494 e. The molecule has 1 aromatic carbocycles. The zero-order valence-electron chi connectivity index (χ0n) is 18.7. The van der Waals surface area contributed by atoms with Crippen LogP contribution in [0.2, 0.25) is 0 Å². The molecule has 3 N–H and O–H groups in total. The van der Waals surface area contributed by atoms with Crippen LogP contribution >= 0.6 is 0 Å². The standard InChI is InChI=1S/C26H39NO4/c27-11-1-2-12-29-24-5-3-20(4-6-24)21-7-9-26(28,10-8-21)31-30-25-22-14-18-13-19(16-22)17-23(25)15-18/h3-6,18-19,21-23,25,28H,1-2,7-17,27H2. The number of benzene rings is 1. The van der Waals surface area contributed by atoms with Crippen LogP contribution < -0.4 is 10.5 Å². The summed E-state index contributed by atoms with van der Waals surface area (Å²) < 4.78 is 5.78. The first-order valence-corrected chi connectivity index (χ1v) is 12.6. The topological polar surface area (TPSA) is 73.9 Å².